The molecule has 90 valence electrons. The fourth-order valence-electron chi connectivity index (χ4n) is 1.95. The van der Waals surface area contributed by atoms with Gasteiger partial charge < -0.3 is 9.64 Å². The molecule has 18 heavy (non-hydrogen) atoms. The quantitative estimate of drug-likeness (QED) is 0.777. The molecular weight excluding hydrogens is 294 g/mol. The summed E-state index contributed by atoms with van der Waals surface area (Å²) in [7, 11) is 12.2. The zero-order valence-corrected chi connectivity index (χ0v) is 11.6. The molecule has 1 aromatic heterocycles. The maximum Gasteiger partial charge on any atom is 0.409 e. The lowest BCUT2D eigenvalue weighted by Gasteiger charge is -2.42. The first-order chi connectivity index (χ1) is 8.43. The van der Waals surface area contributed by atoms with Crippen molar-refractivity contribution in [2.75, 3.05) is 13.2 Å². The summed E-state index contributed by atoms with van der Waals surface area (Å²) >= 11 is 3.32. The summed E-state index contributed by atoms with van der Waals surface area (Å²) in [6.07, 6.45) is 1.87. The van der Waals surface area contributed by atoms with Gasteiger partial charge in [-0.1, -0.05) is 0 Å². The van der Waals surface area contributed by atoms with E-state index in [0.29, 0.717) is 30.8 Å². The third-order valence-corrected chi connectivity index (χ3v) is 3.34. The van der Waals surface area contributed by atoms with Crippen molar-refractivity contribution in [3.8, 4) is 0 Å². The molecule has 0 unspecified atom stereocenters. The Morgan fingerprint density at radius 1 is 1.56 bits per heavy atom. The van der Waals surface area contributed by atoms with Gasteiger partial charge in [0, 0.05) is 22.9 Å². The molecule has 2 heterocycles. The van der Waals surface area contributed by atoms with Gasteiger partial charge in [0.2, 0.25) is 0 Å². The summed E-state index contributed by atoms with van der Waals surface area (Å²) < 4.78 is 5.72. The Morgan fingerprint density at radius 2 is 2.28 bits per heavy atom. The largest absolute Gasteiger partial charge is 0.449 e. The minimum Gasteiger partial charge on any atom is -0.449 e. The third kappa shape index (κ3) is 2.41. The minimum atomic E-state index is -1.42. The molecule has 0 saturated carbocycles. The van der Waals surface area contributed by atoms with Crippen LogP contribution in [0.25, 0.3) is 0 Å². The van der Waals surface area contributed by atoms with E-state index in [0.717, 1.165) is 4.47 Å². The topological polar surface area (TPSA) is 42.4 Å². The first-order valence-electron chi connectivity index (χ1n) is 5.57. The Morgan fingerprint density at radius 3 is 2.94 bits per heavy atom. The molecule has 4 nitrogen and oxygen atoms in total. The average molecular weight is 305 g/mol. The number of carbonyl (C=O) groups is 1. The number of carbonyl (C=O) groups excluding carboxylic acids is 1. The van der Waals surface area contributed by atoms with Crippen molar-refractivity contribution in [3.05, 3.63) is 28.0 Å². The number of hydrogen-bond donors (Lipinski definition) is 0. The monoisotopic (exact) mass is 304 g/mol. The Hall–Kier alpha value is -0.970. The van der Waals surface area contributed by atoms with Crippen LogP contribution in [-0.2, 0) is 10.1 Å². The average Bonchev–Trinajstić information content (AvgIpc) is 2.32. The van der Waals surface area contributed by atoms with Crippen molar-refractivity contribution in [2.24, 2.45) is 0 Å². The molecule has 1 aliphatic heterocycles. The molecule has 1 aromatic rings. The van der Waals surface area contributed by atoms with Gasteiger partial charge in [0.15, 0.2) is 0 Å². The molecule has 1 aliphatic rings. The van der Waals surface area contributed by atoms with E-state index in [2.05, 4.69) is 20.9 Å². The van der Waals surface area contributed by atoms with Crippen LogP contribution < -0.4 is 0 Å². The van der Waals surface area contributed by atoms with Crippen molar-refractivity contribution < 1.29 is 9.53 Å². The maximum absolute atomic E-state index is 11.7. The lowest BCUT2D eigenvalue weighted by molar-refractivity contribution is 0.0602. The Labute approximate surface area is 117 Å². The van der Waals surface area contributed by atoms with E-state index in [4.69, 9.17) is 20.4 Å². The predicted molar refractivity (Wildman–Crippen MR) is 72.5 cm³/mol. The van der Waals surface area contributed by atoms with Crippen molar-refractivity contribution >= 4 is 37.7 Å². The molecule has 0 aromatic carbocycles. The number of pyridine rings is 1. The SMILES string of the molecule is [B]C([B])(c1cc(Br)cnc1C)N1CCCOC1=O. The standard InChI is InChI=1S/C11H11B2BrN2O2/c1-7-9(5-8(14)6-15-7)11(12,13)16-3-2-4-18-10(16)17/h5-6H,2-4H2,1H3. The number of aromatic nitrogens is 1. The van der Waals surface area contributed by atoms with Crippen LogP contribution >= 0.6 is 15.9 Å². The third-order valence-electron chi connectivity index (χ3n) is 2.90. The van der Waals surface area contributed by atoms with E-state index < -0.39 is 11.4 Å². The zero-order valence-electron chi connectivity index (χ0n) is 10.0. The van der Waals surface area contributed by atoms with Crippen molar-refractivity contribution in [1.82, 2.24) is 9.88 Å². The summed E-state index contributed by atoms with van der Waals surface area (Å²) in [5, 5.41) is -1.42. The fraction of sp³-hybridized carbons (Fsp3) is 0.455. The van der Waals surface area contributed by atoms with E-state index >= 15 is 0 Å². The molecule has 1 saturated heterocycles. The molecule has 0 bridgehead atoms. The molecule has 0 spiro atoms. The molecule has 7 heteroatoms. The van der Waals surface area contributed by atoms with E-state index in [1.54, 1.807) is 19.2 Å². The highest BCUT2D eigenvalue weighted by atomic mass is 79.9. The van der Waals surface area contributed by atoms with Crippen LogP contribution in [0.2, 0.25) is 0 Å². The lowest BCUT2D eigenvalue weighted by Crippen LogP contribution is -2.53. The second-order valence-corrected chi connectivity index (χ2v) is 5.15. The van der Waals surface area contributed by atoms with E-state index in [1.807, 2.05) is 0 Å². The number of amides is 1. The first kappa shape index (κ1) is 13.5. The Kier molecular flexibility index (Phi) is 3.71. The summed E-state index contributed by atoms with van der Waals surface area (Å²) in [6, 6.07) is 1.77. The second kappa shape index (κ2) is 4.96. The Bertz CT molecular complexity index is 482. The van der Waals surface area contributed by atoms with E-state index in [9.17, 15) is 4.79 Å². The summed E-state index contributed by atoms with van der Waals surface area (Å²) in [5.41, 5.74) is 1.28. The minimum absolute atomic E-state index is 0.404. The highest BCUT2D eigenvalue weighted by Crippen LogP contribution is 2.28. The summed E-state index contributed by atoms with van der Waals surface area (Å²) in [5.74, 6) is 0. The number of hydrogen-bond acceptors (Lipinski definition) is 3. The molecule has 0 atom stereocenters. The van der Waals surface area contributed by atoms with Gasteiger partial charge >= 0.3 is 6.09 Å². The highest BCUT2D eigenvalue weighted by molar-refractivity contribution is 9.10. The molecule has 0 N–H and O–H groups in total. The second-order valence-electron chi connectivity index (χ2n) is 4.23. The van der Waals surface area contributed by atoms with E-state index in [1.165, 1.54) is 4.90 Å². The molecule has 0 aliphatic carbocycles. The van der Waals surface area contributed by atoms with Gasteiger partial charge in [-0.3, -0.25) is 4.98 Å². The smallest absolute Gasteiger partial charge is 0.409 e. The van der Waals surface area contributed by atoms with Gasteiger partial charge in [-0.05, 0) is 46.2 Å². The summed E-state index contributed by atoms with van der Waals surface area (Å²) in [6.45, 7) is 2.67. The van der Waals surface area contributed by atoms with Crippen LogP contribution in [0.1, 0.15) is 17.7 Å². The van der Waals surface area contributed by atoms with E-state index in [-0.39, 0.29) is 0 Å². The van der Waals surface area contributed by atoms with Gasteiger partial charge in [0.05, 0.1) is 22.3 Å². The number of rotatable bonds is 2. The van der Waals surface area contributed by atoms with Gasteiger partial charge in [-0.25, -0.2) is 4.79 Å². The van der Waals surface area contributed by atoms with Crippen molar-refractivity contribution in [1.29, 1.82) is 0 Å². The molecular formula is C11H11B2BrN2O2. The van der Waals surface area contributed by atoms with Crippen molar-refractivity contribution in [3.63, 3.8) is 0 Å². The van der Waals surface area contributed by atoms with Crippen LogP contribution in [0.15, 0.2) is 16.7 Å². The zero-order chi connectivity index (χ0) is 13.3. The lowest BCUT2D eigenvalue weighted by atomic mass is 9.56. The fourth-order valence-corrected chi connectivity index (χ4v) is 2.28. The van der Waals surface area contributed by atoms with Crippen molar-refractivity contribution in [2.45, 2.75) is 18.7 Å². The van der Waals surface area contributed by atoms with Gasteiger partial charge in [-0.2, -0.15) is 0 Å². The van der Waals surface area contributed by atoms with Crippen LogP contribution in [0, 0.1) is 6.92 Å². The number of halogens is 1. The first-order valence-corrected chi connectivity index (χ1v) is 6.37. The van der Waals surface area contributed by atoms with Gasteiger partial charge in [0.25, 0.3) is 0 Å². The molecule has 4 radical (unpaired) electrons. The van der Waals surface area contributed by atoms with Crippen LogP contribution in [0.3, 0.4) is 0 Å². The number of cyclic esters (lactones) is 1. The van der Waals surface area contributed by atoms with Gasteiger partial charge in [-0.15, -0.1) is 0 Å². The maximum atomic E-state index is 11.7. The number of aryl methyl sites for hydroxylation is 1. The van der Waals surface area contributed by atoms with Crippen LogP contribution in [0.5, 0.6) is 0 Å². The van der Waals surface area contributed by atoms with Gasteiger partial charge in [0.1, 0.15) is 0 Å². The van der Waals surface area contributed by atoms with Crippen LogP contribution in [-0.4, -0.2) is 44.8 Å². The summed E-state index contributed by atoms with van der Waals surface area (Å²) in [4.78, 5) is 17.2. The highest BCUT2D eigenvalue weighted by Gasteiger charge is 2.35. The molecule has 1 fully saturated rings. The number of ether oxygens (including phenoxy) is 1. The normalized spacial score (nSPS) is 16.6. The van der Waals surface area contributed by atoms with Crippen LogP contribution in [0.4, 0.5) is 4.79 Å². The molecule has 2 rings (SSSR count). The number of nitrogens with zero attached hydrogens (tertiary/aromatic N) is 2. The predicted octanol–water partition coefficient (Wildman–Crippen LogP) is 1.44. The molecule has 1 amide bonds. The Balaban J connectivity index is 2.40.